The van der Waals surface area contributed by atoms with E-state index >= 15 is 0 Å². The fourth-order valence-corrected chi connectivity index (χ4v) is 1.67. The number of esters is 1. The molecule has 2 heteroatoms. The highest BCUT2D eigenvalue weighted by Gasteiger charge is 2.11. The van der Waals surface area contributed by atoms with Crippen LogP contribution in [0, 0.1) is 6.92 Å². The number of benzene rings is 1. The highest BCUT2D eigenvalue weighted by molar-refractivity contribution is 5.90. The first kappa shape index (κ1) is 11.6. The van der Waals surface area contributed by atoms with Gasteiger partial charge in [-0.15, -0.1) is 0 Å². The number of carbonyl (C=O) groups is 1. The van der Waals surface area contributed by atoms with Gasteiger partial charge in [-0.3, -0.25) is 0 Å². The molecule has 0 saturated carbocycles. The molecule has 0 bridgehead atoms. The quantitative estimate of drug-likeness (QED) is 0.720. The second-order valence-corrected chi connectivity index (χ2v) is 4.40. The molecule has 2 rings (SSSR count). The van der Waals surface area contributed by atoms with Gasteiger partial charge in [0.05, 0.1) is 5.56 Å². The molecule has 0 radical (unpaired) electrons. The van der Waals surface area contributed by atoms with Gasteiger partial charge in [-0.05, 0) is 38.5 Å². The van der Waals surface area contributed by atoms with Gasteiger partial charge in [0, 0.05) is 6.42 Å². The van der Waals surface area contributed by atoms with Crippen LogP contribution in [0.4, 0.5) is 0 Å². The van der Waals surface area contributed by atoms with Crippen LogP contribution in [-0.4, -0.2) is 5.97 Å². The molecule has 1 aliphatic carbocycles. The molecule has 0 N–H and O–H groups in total. The Morgan fingerprint density at radius 1 is 1.06 bits per heavy atom. The zero-order chi connectivity index (χ0) is 12.3. The number of aryl methyl sites for hydroxylation is 1. The van der Waals surface area contributed by atoms with Crippen LogP contribution >= 0.6 is 0 Å². The summed E-state index contributed by atoms with van der Waals surface area (Å²) in [6.07, 6.45) is 5.65. The zero-order valence-electron chi connectivity index (χ0n) is 10.2. The largest absolute Gasteiger partial charge is 0.427 e. The first-order chi connectivity index (χ1) is 8.15. The van der Waals surface area contributed by atoms with Crippen molar-refractivity contribution in [3.05, 3.63) is 58.9 Å². The second kappa shape index (κ2) is 5.00. The van der Waals surface area contributed by atoms with Gasteiger partial charge in [-0.1, -0.05) is 29.3 Å². The Kier molecular flexibility index (Phi) is 3.43. The summed E-state index contributed by atoms with van der Waals surface area (Å²) in [6.45, 7) is 4.07. The van der Waals surface area contributed by atoms with E-state index in [-0.39, 0.29) is 5.97 Å². The summed E-state index contributed by atoms with van der Waals surface area (Å²) in [4.78, 5) is 11.8. The Bertz CT molecular complexity index is 478. The van der Waals surface area contributed by atoms with Crippen molar-refractivity contribution < 1.29 is 9.53 Å². The monoisotopic (exact) mass is 228 g/mol. The predicted octanol–water partition coefficient (Wildman–Crippen LogP) is 3.78. The Morgan fingerprint density at radius 2 is 1.76 bits per heavy atom. The smallest absolute Gasteiger partial charge is 0.343 e. The van der Waals surface area contributed by atoms with Gasteiger partial charge in [-0.25, -0.2) is 4.79 Å². The van der Waals surface area contributed by atoms with Gasteiger partial charge >= 0.3 is 5.97 Å². The van der Waals surface area contributed by atoms with E-state index < -0.39 is 0 Å². The van der Waals surface area contributed by atoms with Gasteiger partial charge in [0.15, 0.2) is 0 Å². The minimum Gasteiger partial charge on any atom is -0.427 e. The van der Waals surface area contributed by atoms with E-state index in [0.717, 1.165) is 24.2 Å². The van der Waals surface area contributed by atoms with Crippen LogP contribution in [0.15, 0.2) is 47.7 Å². The van der Waals surface area contributed by atoms with Crippen molar-refractivity contribution in [2.24, 2.45) is 0 Å². The summed E-state index contributed by atoms with van der Waals surface area (Å²) in [5, 5.41) is 0. The third-order valence-electron chi connectivity index (χ3n) is 2.83. The van der Waals surface area contributed by atoms with E-state index in [4.69, 9.17) is 4.74 Å². The fourth-order valence-electron chi connectivity index (χ4n) is 1.67. The van der Waals surface area contributed by atoms with E-state index in [1.165, 1.54) is 5.57 Å². The molecule has 0 heterocycles. The molecule has 0 spiro atoms. The lowest BCUT2D eigenvalue weighted by atomic mass is 10.1. The van der Waals surface area contributed by atoms with Crippen LogP contribution in [0.3, 0.4) is 0 Å². The maximum atomic E-state index is 11.8. The zero-order valence-corrected chi connectivity index (χ0v) is 10.2. The molecule has 0 amide bonds. The van der Waals surface area contributed by atoms with Gasteiger partial charge in [0.2, 0.25) is 0 Å². The number of ether oxygens (including phenoxy) is 1. The first-order valence-corrected chi connectivity index (χ1v) is 5.80. The summed E-state index contributed by atoms with van der Waals surface area (Å²) in [6, 6.07) is 7.41. The normalized spacial score (nSPS) is 14.9. The molecule has 0 saturated heterocycles. The van der Waals surface area contributed by atoms with Crippen molar-refractivity contribution in [1.82, 2.24) is 0 Å². The van der Waals surface area contributed by atoms with Crippen molar-refractivity contribution in [3.63, 3.8) is 0 Å². The molecule has 0 atom stereocenters. The minimum atomic E-state index is -0.274. The minimum absolute atomic E-state index is 0.274. The van der Waals surface area contributed by atoms with Crippen molar-refractivity contribution in [2.75, 3.05) is 0 Å². The van der Waals surface area contributed by atoms with E-state index in [0.29, 0.717) is 5.56 Å². The Hall–Kier alpha value is -1.83. The lowest BCUT2D eigenvalue weighted by Gasteiger charge is -2.12. The lowest BCUT2D eigenvalue weighted by molar-refractivity contribution is 0.0613. The average molecular weight is 228 g/mol. The molecule has 0 aliphatic heterocycles. The van der Waals surface area contributed by atoms with E-state index in [1.807, 2.05) is 31.2 Å². The third kappa shape index (κ3) is 3.06. The van der Waals surface area contributed by atoms with E-state index in [1.54, 1.807) is 12.1 Å². The standard InChI is InChI=1S/C15H16O2/c1-11-3-7-13(8-4-11)15(16)17-14-9-5-12(2)6-10-14/h3-5,7-9H,6,10H2,1-2H3. The van der Waals surface area contributed by atoms with Gasteiger partial charge in [-0.2, -0.15) is 0 Å². The van der Waals surface area contributed by atoms with E-state index in [9.17, 15) is 4.79 Å². The number of hydrogen-bond donors (Lipinski definition) is 0. The lowest BCUT2D eigenvalue weighted by Crippen LogP contribution is -2.06. The second-order valence-electron chi connectivity index (χ2n) is 4.40. The van der Waals surface area contributed by atoms with Crippen molar-refractivity contribution in [3.8, 4) is 0 Å². The van der Waals surface area contributed by atoms with E-state index in [2.05, 4.69) is 6.92 Å². The molecule has 88 valence electrons. The average Bonchev–Trinajstić information content (AvgIpc) is 2.33. The van der Waals surface area contributed by atoms with Crippen molar-refractivity contribution in [1.29, 1.82) is 0 Å². The highest BCUT2D eigenvalue weighted by atomic mass is 16.5. The van der Waals surface area contributed by atoms with Crippen molar-refractivity contribution >= 4 is 5.97 Å². The molecule has 1 aromatic carbocycles. The molecule has 1 aromatic rings. The third-order valence-corrected chi connectivity index (χ3v) is 2.83. The summed E-state index contributed by atoms with van der Waals surface area (Å²) >= 11 is 0. The molecule has 2 nitrogen and oxygen atoms in total. The molecule has 17 heavy (non-hydrogen) atoms. The van der Waals surface area contributed by atoms with Crippen LogP contribution < -0.4 is 0 Å². The highest BCUT2D eigenvalue weighted by Crippen LogP contribution is 2.19. The SMILES string of the molecule is CC1=CC=C(OC(=O)c2ccc(C)cc2)CC1. The summed E-state index contributed by atoms with van der Waals surface area (Å²) in [7, 11) is 0. The molecule has 1 aliphatic rings. The summed E-state index contributed by atoms with van der Waals surface area (Å²) in [5.74, 6) is 0.477. The van der Waals surface area contributed by atoms with Crippen LogP contribution in [-0.2, 0) is 4.74 Å². The van der Waals surface area contributed by atoms with Gasteiger partial charge in [0.25, 0.3) is 0 Å². The van der Waals surface area contributed by atoms with Crippen LogP contribution in [0.5, 0.6) is 0 Å². The first-order valence-electron chi connectivity index (χ1n) is 5.80. The molecule has 0 aromatic heterocycles. The molecule has 0 unspecified atom stereocenters. The van der Waals surface area contributed by atoms with Gasteiger partial charge < -0.3 is 4.74 Å². The van der Waals surface area contributed by atoms with Crippen LogP contribution in [0.2, 0.25) is 0 Å². The topological polar surface area (TPSA) is 26.3 Å². The van der Waals surface area contributed by atoms with Crippen LogP contribution in [0.25, 0.3) is 0 Å². The molecular weight excluding hydrogens is 212 g/mol. The predicted molar refractivity (Wildman–Crippen MR) is 67.7 cm³/mol. The number of allylic oxidation sites excluding steroid dienone is 4. The summed E-state index contributed by atoms with van der Waals surface area (Å²) in [5.41, 5.74) is 3.06. The number of rotatable bonds is 2. The number of carbonyl (C=O) groups excluding carboxylic acids is 1. The maximum absolute atomic E-state index is 11.8. The maximum Gasteiger partial charge on any atom is 0.343 e. The Labute approximate surface area is 102 Å². The number of hydrogen-bond acceptors (Lipinski definition) is 2. The van der Waals surface area contributed by atoms with Gasteiger partial charge in [0.1, 0.15) is 5.76 Å². The Balaban J connectivity index is 2.05. The summed E-state index contributed by atoms with van der Waals surface area (Å²) < 4.78 is 5.34. The molecule has 0 fully saturated rings. The van der Waals surface area contributed by atoms with Crippen LogP contribution in [0.1, 0.15) is 35.7 Å². The fraction of sp³-hybridized carbons (Fsp3) is 0.267. The Morgan fingerprint density at radius 3 is 2.35 bits per heavy atom. The molecular formula is C15H16O2. The van der Waals surface area contributed by atoms with Crippen molar-refractivity contribution in [2.45, 2.75) is 26.7 Å².